The molecule has 0 aliphatic carbocycles. The second kappa shape index (κ2) is 4.36. The van der Waals surface area contributed by atoms with Gasteiger partial charge in [-0.2, -0.15) is 5.26 Å². The van der Waals surface area contributed by atoms with Crippen molar-refractivity contribution in [1.82, 2.24) is 0 Å². The van der Waals surface area contributed by atoms with Gasteiger partial charge in [0.2, 0.25) is 0 Å². The Morgan fingerprint density at radius 3 is 2.64 bits per heavy atom. The van der Waals surface area contributed by atoms with Crippen LogP contribution in [0.5, 0.6) is 0 Å². The molecule has 72 valence electrons. The molecule has 2 N–H and O–H groups in total. The summed E-state index contributed by atoms with van der Waals surface area (Å²) in [6.07, 6.45) is 0. The summed E-state index contributed by atoms with van der Waals surface area (Å²) >= 11 is 11.7. The smallest absolute Gasteiger partial charge is 0.0965 e. The Bertz CT molecular complexity index is 430. The first-order valence-corrected chi connectivity index (χ1v) is 4.64. The largest absolute Gasteiger partial charge is 0.397 e. The fraction of sp³-hybridized carbons (Fsp3) is 0.100. The Morgan fingerprint density at radius 1 is 1.43 bits per heavy atom. The van der Waals surface area contributed by atoms with Crippen LogP contribution in [0.25, 0.3) is 5.70 Å². The lowest BCUT2D eigenvalue weighted by molar-refractivity contribution is 1.39. The zero-order chi connectivity index (χ0) is 10.7. The molecule has 0 fully saturated rings. The van der Waals surface area contributed by atoms with E-state index < -0.39 is 0 Å². The van der Waals surface area contributed by atoms with Crippen LogP contribution in [-0.2, 0) is 0 Å². The first-order valence-electron chi connectivity index (χ1n) is 3.88. The Labute approximate surface area is 92.5 Å². The molecule has 0 bridgehead atoms. The van der Waals surface area contributed by atoms with E-state index in [1.807, 2.05) is 6.07 Å². The normalized spacial score (nSPS) is 11.9. The lowest BCUT2D eigenvalue weighted by Gasteiger charge is -2.06. The summed E-state index contributed by atoms with van der Waals surface area (Å²) in [6.45, 7) is 1.63. The second-order valence-corrected chi connectivity index (χ2v) is 3.54. The molecule has 0 radical (unpaired) electrons. The maximum atomic E-state index is 8.66. The van der Waals surface area contributed by atoms with Crippen molar-refractivity contribution in [2.45, 2.75) is 6.92 Å². The van der Waals surface area contributed by atoms with Crippen molar-refractivity contribution in [2.75, 3.05) is 0 Å². The second-order valence-electron chi connectivity index (χ2n) is 2.75. The summed E-state index contributed by atoms with van der Waals surface area (Å²) in [6, 6.07) is 7.10. The minimum Gasteiger partial charge on any atom is -0.397 e. The van der Waals surface area contributed by atoms with Gasteiger partial charge in [-0.15, -0.1) is 0 Å². The van der Waals surface area contributed by atoms with E-state index in [-0.39, 0.29) is 0 Å². The van der Waals surface area contributed by atoms with Crippen LogP contribution in [0.4, 0.5) is 0 Å². The number of hydrogen-bond acceptors (Lipinski definition) is 2. The van der Waals surface area contributed by atoms with E-state index in [9.17, 15) is 0 Å². The average Bonchev–Trinajstić information content (AvgIpc) is 2.20. The summed E-state index contributed by atoms with van der Waals surface area (Å²) < 4.78 is 0. The van der Waals surface area contributed by atoms with Crippen LogP contribution in [0.3, 0.4) is 0 Å². The van der Waals surface area contributed by atoms with Crippen molar-refractivity contribution in [2.24, 2.45) is 5.73 Å². The molecule has 0 atom stereocenters. The number of nitrogens with zero attached hydrogens (tertiary/aromatic N) is 1. The molecule has 1 rings (SSSR count). The van der Waals surface area contributed by atoms with Crippen LogP contribution < -0.4 is 5.73 Å². The Hall–Kier alpha value is -1.17. The Morgan fingerprint density at radius 2 is 2.07 bits per heavy atom. The number of benzene rings is 1. The van der Waals surface area contributed by atoms with Crippen molar-refractivity contribution in [3.63, 3.8) is 0 Å². The van der Waals surface area contributed by atoms with E-state index >= 15 is 0 Å². The molecule has 0 aromatic heterocycles. The Kier molecular flexibility index (Phi) is 3.40. The predicted octanol–water partition coefficient (Wildman–Crippen LogP) is 3.21. The molecule has 4 heteroatoms. The third-order valence-corrected chi connectivity index (χ3v) is 2.63. The van der Waals surface area contributed by atoms with Crippen molar-refractivity contribution < 1.29 is 0 Å². The van der Waals surface area contributed by atoms with Crippen LogP contribution in [0.15, 0.2) is 23.8 Å². The highest BCUT2D eigenvalue weighted by Gasteiger charge is 2.08. The van der Waals surface area contributed by atoms with Gasteiger partial charge in [0.05, 0.1) is 21.8 Å². The molecule has 0 amide bonds. The quantitative estimate of drug-likeness (QED) is 0.749. The SMILES string of the molecule is C/C(C#N)=C(/N)c1cccc(Cl)c1Cl. The standard InChI is InChI=1S/C10H8Cl2N2/c1-6(5-13)10(14)7-3-2-4-8(11)9(7)12/h2-4H,14H2,1H3/b10-6-. The van der Waals surface area contributed by atoms with E-state index in [4.69, 9.17) is 34.2 Å². The van der Waals surface area contributed by atoms with Gasteiger partial charge in [0.25, 0.3) is 0 Å². The lowest BCUT2D eigenvalue weighted by atomic mass is 10.1. The summed E-state index contributed by atoms with van der Waals surface area (Å²) in [7, 11) is 0. The molecule has 1 aromatic carbocycles. The third-order valence-electron chi connectivity index (χ3n) is 1.81. The van der Waals surface area contributed by atoms with Crippen molar-refractivity contribution in [3.05, 3.63) is 39.4 Å². The molecule has 0 unspecified atom stereocenters. The molecular weight excluding hydrogens is 219 g/mol. The highest BCUT2D eigenvalue weighted by molar-refractivity contribution is 6.43. The number of allylic oxidation sites excluding steroid dienone is 1. The van der Waals surface area contributed by atoms with Crippen LogP contribution in [0.2, 0.25) is 10.0 Å². The average molecular weight is 227 g/mol. The van der Waals surface area contributed by atoms with Crippen LogP contribution in [0.1, 0.15) is 12.5 Å². The van der Waals surface area contributed by atoms with Gasteiger partial charge in [-0.3, -0.25) is 0 Å². The Balaban J connectivity index is 3.36. The first-order chi connectivity index (χ1) is 6.57. The molecule has 0 saturated carbocycles. The summed E-state index contributed by atoms with van der Waals surface area (Å²) in [4.78, 5) is 0. The highest BCUT2D eigenvalue weighted by atomic mass is 35.5. The maximum Gasteiger partial charge on any atom is 0.0965 e. The summed E-state index contributed by atoms with van der Waals surface area (Å²) in [5.74, 6) is 0. The molecule has 14 heavy (non-hydrogen) atoms. The number of hydrogen-bond donors (Lipinski definition) is 1. The molecular formula is C10H8Cl2N2. The van der Waals surface area contributed by atoms with Gasteiger partial charge in [-0.25, -0.2) is 0 Å². The van der Waals surface area contributed by atoms with Gasteiger partial charge >= 0.3 is 0 Å². The molecule has 2 nitrogen and oxygen atoms in total. The van der Waals surface area contributed by atoms with Gasteiger partial charge in [0, 0.05) is 11.1 Å². The maximum absolute atomic E-state index is 8.66. The molecule has 0 saturated heterocycles. The fourth-order valence-electron chi connectivity index (χ4n) is 0.974. The molecule has 0 spiro atoms. The zero-order valence-electron chi connectivity index (χ0n) is 7.51. The number of rotatable bonds is 1. The molecule has 0 aliphatic heterocycles. The predicted molar refractivity (Wildman–Crippen MR) is 58.9 cm³/mol. The summed E-state index contributed by atoms with van der Waals surface area (Å²) in [5.41, 5.74) is 7.11. The number of halogens is 2. The van der Waals surface area contributed by atoms with E-state index in [0.29, 0.717) is 26.9 Å². The number of nitriles is 1. The van der Waals surface area contributed by atoms with E-state index in [1.54, 1.807) is 25.1 Å². The zero-order valence-corrected chi connectivity index (χ0v) is 9.02. The highest BCUT2D eigenvalue weighted by Crippen LogP contribution is 2.29. The monoisotopic (exact) mass is 226 g/mol. The van der Waals surface area contributed by atoms with Gasteiger partial charge in [0.1, 0.15) is 0 Å². The van der Waals surface area contributed by atoms with Gasteiger partial charge in [0.15, 0.2) is 0 Å². The van der Waals surface area contributed by atoms with Crippen molar-refractivity contribution in [1.29, 1.82) is 5.26 Å². The minimum atomic E-state index is 0.361. The molecule has 0 aliphatic rings. The van der Waals surface area contributed by atoms with Crippen LogP contribution in [0, 0.1) is 11.3 Å². The summed E-state index contributed by atoms with van der Waals surface area (Å²) in [5, 5.41) is 9.47. The molecule has 0 heterocycles. The van der Waals surface area contributed by atoms with Crippen LogP contribution in [-0.4, -0.2) is 0 Å². The van der Waals surface area contributed by atoms with Gasteiger partial charge in [-0.1, -0.05) is 35.3 Å². The van der Waals surface area contributed by atoms with Gasteiger partial charge < -0.3 is 5.73 Å². The number of nitrogens with two attached hydrogens (primary N) is 1. The van der Waals surface area contributed by atoms with E-state index in [0.717, 1.165) is 0 Å². The van der Waals surface area contributed by atoms with Crippen molar-refractivity contribution in [3.8, 4) is 6.07 Å². The third kappa shape index (κ3) is 2.01. The van der Waals surface area contributed by atoms with E-state index in [2.05, 4.69) is 0 Å². The van der Waals surface area contributed by atoms with Crippen molar-refractivity contribution >= 4 is 28.9 Å². The fourth-order valence-corrected chi connectivity index (χ4v) is 1.38. The molecule has 1 aromatic rings. The topological polar surface area (TPSA) is 49.8 Å². The van der Waals surface area contributed by atoms with Crippen LogP contribution >= 0.6 is 23.2 Å². The van der Waals surface area contributed by atoms with Gasteiger partial charge in [-0.05, 0) is 13.0 Å². The lowest BCUT2D eigenvalue weighted by Crippen LogP contribution is -2.00. The minimum absolute atomic E-state index is 0.361. The first kappa shape index (κ1) is 10.9. The van der Waals surface area contributed by atoms with E-state index in [1.165, 1.54) is 0 Å².